The van der Waals surface area contributed by atoms with Crippen LogP contribution in [0.2, 0.25) is 0 Å². The molecule has 0 unspecified atom stereocenters. The van der Waals surface area contributed by atoms with Gasteiger partial charge in [0, 0.05) is 24.9 Å². The molecule has 0 saturated carbocycles. The Balaban J connectivity index is 3.14. The fourth-order valence-electron chi connectivity index (χ4n) is 0.966. The molecule has 0 fully saturated rings. The molecule has 0 saturated heterocycles. The second-order valence-electron chi connectivity index (χ2n) is 2.58. The van der Waals surface area contributed by atoms with Gasteiger partial charge >= 0.3 is 0 Å². The molecule has 1 rings (SSSR count). The van der Waals surface area contributed by atoms with Crippen molar-refractivity contribution in [3.63, 3.8) is 0 Å². The predicted molar refractivity (Wildman–Crippen MR) is 38.5 cm³/mol. The van der Waals surface area contributed by atoms with Crippen molar-refractivity contribution in [3.05, 3.63) is 29.6 Å². The van der Waals surface area contributed by atoms with E-state index in [0.29, 0.717) is 5.56 Å². The maximum absolute atomic E-state index is 12.7. The van der Waals surface area contributed by atoms with Crippen molar-refractivity contribution in [1.29, 1.82) is 0 Å². The second kappa shape index (κ2) is 2.57. The monoisotopic (exact) mass is 157 g/mol. The Kier molecular flexibility index (Phi) is 1.89. The molecule has 1 aromatic heterocycles. The fraction of sp³-hybridized carbons (Fsp3) is 0.375. The molecular formula is C8H9F2N. The molecule has 0 amide bonds. The van der Waals surface area contributed by atoms with Gasteiger partial charge in [-0.2, -0.15) is 0 Å². The maximum atomic E-state index is 12.7. The number of rotatable bonds is 1. The summed E-state index contributed by atoms with van der Waals surface area (Å²) >= 11 is 0. The average Bonchev–Trinajstić information content (AvgIpc) is 1.86. The summed E-state index contributed by atoms with van der Waals surface area (Å²) in [6.07, 6.45) is 2.81. The van der Waals surface area contributed by atoms with E-state index < -0.39 is 5.92 Å². The van der Waals surface area contributed by atoms with Gasteiger partial charge in [-0.3, -0.25) is 4.98 Å². The summed E-state index contributed by atoms with van der Waals surface area (Å²) in [6, 6.07) is 1.34. The van der Waals surface area contributed by atoms with Crippen molar-refractivity contribution in [1.82, 2.24) is 4.98 Å². The zero-order valence-electron chi connectivity index (χ0n) is 6.44. The normalized spacial score (nSPS) is 11.6. The minimum absolute atomic E-state index is 0.0486. The van der Waals surface area contributed by atoms with Crippen LogP contribution in [0.1, 0.15) is 18.1 Å². The molecule has 0 aliphatic heterocycles. The number of pyridine rings is 1. The van der Waals surface area contributed by atoms with Crippen LogP contribution in [0.25, 0.3) is 0 Å². The highest BCUT2D eigenvalue weighted by Gasteiger charge is 2.25. The molecule has 1 aromatic rings. The molecule has 0 aromatic carbocycles. The van der Waals surface area contributed by atoms with Crippen LogP contribution in [0.4, 0.5) is 8.78 Å². The van der Waals surface area contributed by atoms with Crippen molar-refractivity contribution < 1.29 is 8.78 Å². The summed E-state index contributed by atoms with van der Waals surface area (Å²) in [6.45, 7) is 2.51. The number of halogens is 2. The zero-order valence-corrected chi connectivity index (χ0v) is 6.44. The van der Waals surface area contributed by atoms with Gasteiger partial charge in [-0.15, -0.1) is 0 Å². The Labute approximate surface area is 64.1 Å². The van der Waals surface area contributed by atoms with Crippen LogP contribution in [-0.2, 0) is 5.92 Å². The number of aromatic nitrogens is 1. The van der Waals surface area contributed by atoms with Gasteiger partial charge in [0.05, 0.1) is 0 Å². The first-order chi connectivity index (χ1) is 5.02. The molecule has 0 bridgehead atoms. The number of hydrogen-bond donors (Lipinski definition) is 0. The van der Waals surface area contributed by atoms with E-state index in [1.54, 1.807) is 6.92 Å². The molecule has 11 heavy (non-hydrogen) atoms. The number of alkyl halides is 2. The fourth-order valence-corrected chi connectivity index (χ4v) is 0.966. The molecule has 3 heteroatoms. The maximum Gasteiger partial charge on any atom is 0.270 e. The minimum Gasteiger partial charge on any atom is -0.264 e. The van der Waals surface area contributed by atoms with Crippen molar-refractivity contribution in [3.8, 4) is 0 Å². The molecule has 60 valence electrons. The minimum atomic E-state index is -2.76. The third-order valence-electron chi connectivity index (χ3n) is 1.49. The molecule has 1 nitrogen and oxygen atoms in total. The number of aryl methyl sites for hydroxylation is 1. The van der Waals surface area contributed by atoms with Crippen molar-refractivity contribution >= 4 is 0 Å². The highest BCUT2D eigenvalue weighted by Crippen LogP contribution is 2.28. The van der Waals surface area contributed by atoms with Crippen molar-refractivity contribution in [2.45, 2.75) is 19.8 Å². The van der Waals surface area contributed by atoms with Crippen LogP contribution in [0.5, 0.6) is 0 Å². The van der Waals surface area contributed by atoms with Crippen molar-refractivity contribution in [2.24, 2.45) is 0 Å². The van der Waals surface area contributed by atoms with Gasteiger partial charge in [-0.05, 0) is 18.6 Å². The van der Waals surface area contributed by atoms with E-state index >= 15 is 0 Å². The summed E-state index contributed by atoms with van der Waals surface area (Å²) in [5, 5.41) is 0. The van der Waals surface area contributed by atoms with E-state index in [9.17, 15) is 8.78 Å². The van der Waals surface area contributed by atoms with Gasteiger partial charge < -0.3 is 0 Å². The third-order valence-corrected chi connectivity index (χ3v) is 1.49. The van der Waals surface area contributed by atoms with Crippen LogP contribution >= 0.6 is 0 Å². The molecule has 0 aliphatic rings. The summed E-state index contributed by atoms with van der Waals surface area (Å²) in [5.74, 6) is -2.76. The van der Waals surface area contributed by atoms with Gasteiger partial charge in [0.1, 0.15) is 0 Å². The van der Waals surface area contributed by atoms with Crippen LogP contribution in [0.15, 0.2) is 18.5 Å². The molecule has 0 radical (unpaired) electrons. The predicted octanol–water partition coefficient (Wildman–Crippen LogP) is 2.50. The van der Waals surface area contributed by atoms with Gasteiger partial charge in [0.15, 0.2) is 0 Å². The number of nitrogens with zero attached hydrogens (tertiary/aromatic N) is 1. The van der Waals surface area contributed by atoms with E-state index in [-0.39, 0.29) is 5.56 Å². The Morgan fingerprint density at radius 2 is 2.09 bits per heavy atom. The summed E-state index contributed by atoms with van der Waals surface area (Å²) in [4.78, 5) is 3.73. The van der Waals surface area contributed by atoms with Crippen molar-refractivity contribution in [2.75, 3.05) is 0 Å². The zero-order chi connectivity index (χ0) is 8.48. The lowest BCUT2D eigenvalue weighted by Gasteiger charge is -2.11. The lowest BCUT2D eigenvalue weighted by molar-refractivity contribution is 0.0167. The summed E-state index contributed by atoms with van der Waals surface area (Å²) < 4.78 is 25.4. The first-order valence-electron chi connectivity index (χ1n) is 3.31. The largest absolute Gasteiger partial charge is 0.270 e. The summed E-state index contributed by atoms with van der Waals surface area (Å²) in [7, 11) is 0. The third kappa shape index (κ3) is 1.73. The first-order valence-corrected chi connectivity index (χ1v) is 3.31. The second-order valence-corrected chi connectivity index (χ2v) is 2.58. The van der Waals surface area contributed by atoms with E-state index in [1.165, 1.54) is 18.5 Å². The van der Waals surface area contributed by atoms with Gasteiger partial charge in [0.25, 0.3) is 5.92 Å². The molecule has 0 aliphatic carbocycles. The van der Waals surface area contributed by atoms with Gasteiger partial charge in [-0.25, -0.2) is 8.78 Å². The first kappa shape index (κ1) is 8.11. The SMILES string of the molecule is Cc1cnccc1C(C)(F)F. The highest BCUT2D eigenvalue weighted by atomic mass is 19.3. The molecule has 1 heterocycles. The highest BCUT2D eigenvalue weighted by molar-refractivity contribution is 5.25. The van der Waals surface area contributed by atoms with E-state index in [1.807, 2.05) is 0 Å². The lowest BCUT2D eigenvalue weighted by Crippen LogP contribution is -2.08. The standard InChI is InChI=1S/C8H9F2N/c1-6-5-11-4-3-7(6)8(2,9)10/h3-5H,1-2H3. The van der Waals surface area contributed by atoms with Gasteiger partial charge in [-0.1, -0.05) is 0 Å². The summed E-state index contributed by atoms with van der Waals surface area (Å²) in [5.41, 5.74) is 0.576. The van der Waals surface area contributed by atoms with Crippen LogP contribution < -0.4 is 0 Å². The van der Waals surface area contributed by atoms with E-state index in [2.05, 4.69) is 4.98 Å². The Morgan fingerprint density at radius 1 is 1.45 bits per heavy atom. The Bertz CT molecular complexity index is 253. The molecular weight excluding hydrogens is 148 g/mol. The topological polar surface area (TPSA) is 12.9 Å². The number of hydrogen-bond acceptors (Lipinski definition) is 1. The van der Waals surface area contributed by atoms with Crippen LogP contribution in [0.3, 0.4) is 0 Å². The lowest BCUT2D eigenvalue weighted by atomic mass is 10.1. The smallest absolute Gasteiger partial charge is 0.264 e. The van der Waals surface area contributed by atoms with E-state index in [0.717, 1.165) is 6.92 Å². The van der Waals surface area contributed by atoms with Gasteiger partial charge in [0.2, 0.25) is 0 Å². The van der Waals surface area contributed by atoms with Crippen LogP contribution in [0, 0.1) is 6.92 Å². The Hall–Kier alpha value is -0.990. The molecule has 0 atom stereocenters. The van der Waals surface area contributed by atoms with E-state index in [4.69, 9.17) is 0 Å². The van der Waals surface area contributed by atoms with Crippen LogP contribution in [-0.4, -0.2) is 4.98 Å². The molecule has 0 N–H and O–H groups in total. The average molecular weight is 157 g/mol. The molecule has 0 spiro atoms. The quantitative estimate of drug-likeness (QED) is 0.610. The Morgan fingerprint density at radius 3 is 2.45 bits per heavy atom.